The van der Waals surface area contributed by atoms with E-state index >= 15 is 0 Å². The minimum atomic E-state index is -4.71. The van der Waals surface area contributed by atoms with Gasteiger partial charge < -0.3 is 0 Å². The quantitative estimate of drug-likeness (QED) is 0.580. The maximum absolute atomic E-state index is 13.2. The van der Waals surface area contributed by atoms with E-state index in [0.29, 0.717) is 27.8 Å². The molecule has 0 amide bonds. The summed E-state index contributed by atoms with van der Waals surface area (Å²) in [5.74, 6) is 0. The lowest BCUT2D eigenvalue weighted by molar-refractivity contribution is -0.137. The highest BCUT2D eigenvalue weighted by atomic mass is 19.4. The van der Waals surface area contributed by atoms with Crippen molar-refractivity contribution in [3.63, 3.8) is 0 Å². The number of alkyl halides is 3. The molecule has 0 aliphatic heterocycles. The van der Waals surface area contributed by atoms with E-state index in [2.05, 4.69) is 4.99 Å². The molecule has 0 saturated carbocycles. The topological polar surface area (TPSA) is 83.7 Å². The van der Waals surface area contributed by atoms with E-state index < -0.39 is 17.3 Å². The first-order chi connectivity index (χ1) is 11.8. The van der Waals surface area contributed by atoms with Gasteiger partial charge in [0.2, 0.25) is 6.19 Å². The molecular formula is C18H7F3N4. The second-order valence-electron chi connectivity index (χ2n) is 5.44. The Hall–Kier alpha value is -3.63. The lowest BCUT2D eigenvalue weighted by atomic mass is 9.97. The van der Waals surface area contributed by atoms with Crippen LogP contribution in [-0.4, -0.2) is 5.71 Å². The van der Waals surface area contributed by atoms with Gasteiger partial charge in [-0.25, -0.2) is 0 Å². The number of hydrogen-bond donors (Lipinski definition) is 0. The molecule has 0 unspecified atom stereocenters. The van der Waals surface area contributed by atoms with Gasteiger partial charge in [-0.1, -0.05) is 0 Å². The second-order valence-corrected chi connectivity index (χ2v) is 5.44. The average molecular weight is 336 g/mol. The molecule has 0 spiro atoms. The Kier molecular flexibility index (Phi) is 3.55. The number of aryl methyl sites for hydroxylation is 1. The molecule has 0 N–H and O–H groups in total. The first-order valence-corrected chi connectivity index (χ1v) is 6.99. The van der Waals surface area contributed by atoms with Crippen molar-refractivity contribution in [2.75, 3.05) is 0 Å². The molecule has 0 atom stereocenters. The van der Waals surface area contributed by atoms with Crippen molar-refractivity contribution < 1.29 is 13.2 Å². The van der Waals surface area contributed by atoms with Crippen molar-refractivity contribution in [3.8, 4) is 29.5 Å². The van der Waals surface area contributed by atoms with Gasteiger partial charge in [-0.15, -0.1) is 0 Å². The Balaban J connectivity index is 2.42. The number of nitriles is 3. The van der Waals surface area contributed by atoms with E-state index in [1.807, 2.05) is 6.07 Å². The molecule has 2 aromatic rings. The minimum Gasteiger partial charge on any atom is -0.192 e. The normalized spacial score (nSPS) is 13.6. The van der Waals surface area contributed by atoms with E-state index in [-0.39, 0.29) is 11.3 Å². The Morgan fingerprint density at radius 2 is 1.40 bits per heavy atom. The summed E-state index contributed by atoms with van der Waals surface area (Å²) < 4.78 is 39.7. The Labute approximate surface area is 140 Å². The van der Waals surface area contributed by atoms with Crippen molar-refractivity contribution >= 4 is 5.71 Å². The van der Waals surface area contributed by atoms with E-state index in [1.54, 1.807) is 25.3 Å². The minimum absolute atomic E-state index is 0.107. The van der Waals surface area contributed by atoms with Gasteiger partial charge in [-0.2, -0.15) is 33.9 Å². The number of halogens is 3. The predicted molar refractivity (Wildman–Crippen MR) is 82.3 cm³/mol. The zero-order valence-electron chi connectivity index (χ0n) is 12.7. The molecule has 1 aliphatic carbocycles. The maximum atomic E-state index is 13.2. The van der Waals surface area contributed by atoms with Crippen molar-refractivity contribution in [2.24, 2.45) is 4.99 Å². The molecule has 0 heterocycles. The van der Waals surface area contributed by atoms with Gasteiger partial charge in [-0.05, 0) is 47.9 Å². The molecule has 0 bridgehead atoms. The summed E-state index contributed by atoms with van der Waals surface area (Å²) in [7, 11) is 0. The third-order valence-corrected chi connectivity index (χ3v) is 4.03. The van der Waals surface area contributed by atoms with Crippen LogP contribution in [0.4, 0.5) is 13.2 Å². The monoisotopic (exact) mass is 336 g/mol. The van der Waals surface area contributed by atoms with Crippen LogP contribution in [0.15, 0.2) is 29.3 Å². The average Bonchev–Trinajstić information content (AvgIpc) is 2.85. The fraction of sp³-hybridized carbons (Fsp3) is 0.111. The third kappa shape index (κ3) is 2.41. The first-order valence-electron chi connectivity index (χ1n) is 6.99. The summed E-state index contributed by atoms with van der Waals surface area (Å²) in [5.41, 5.74) is 0.918. The number of nitrogens with zero attached hydrogens (tertiary/aromatic N) is 4. The summed E-state index contributed by atoms with van der Waals surface area (Å²) in [6.45, 7) is 1.69. The maximum Gasteiger partial charge on any atom is 0.417 e. The van der Waals surface area contributed by atoms with Crippen LogP contribution in [0.25, 0.3) is 11.1 Å². The molecule has 2 aromatic carbocycles. The zero-order valence-corrected chi connectivity index (χ0v) is 12.7. The Morgan fingerprint density at radius 1 is 0.840 bits per heavy atom. The number of aliphatic imine (C=N–C) groups is 1. The summed E-state index contributed by atoms with van der Waals surface area (Å²) in [6.07, 6.45) is -3.10. The summed E-state index contributed by atoms with van der Waals surface area (Å²) in [4.78, 5) is 3.67. The van der Waals surface area contributed by atoms with Gasteiger partial charge in [0.15, 0.2) is 0 Å². The van der Waals surface area contributed by atoms with Crippen LogP contribution in [0.1, 0.15) is 33.4 Å². The highest BCUT2D eigenvalue weighted by molar-refractivity contribution is 6.25. The molecule has 120 valence electrons. The Morgan fingerprint density at radius 3 is 1.92 bits per heavy atom. The van der Waals surface area contributed by atoms with Crippen LogP contribution in [0.2, 0.25) is 0 Å². The fourth-order valence-corrected chi connectivity index (χ4v) is 2.91. The van der Waals surface area contributed by atoms with Crippen LogP contribution in [-0.2, 0) is 6.18 Å². The molecule has 4 nitrogen and oxygen atoms in total. The van der Waals surface area contributed by atoms with Crippen LogP contribution in [0, 0.1) is 41.0 Å². The van der Waals surface area contributed by atoms with Crippen LogP contribution < -0.4 is 0 Å². The molecule has 0 aromatic heterocycles. The number of rotatable bonds is 0. The largest absolute Gasteiger partial charge is 0.417 e. The molecule has 0 fully saturated rings. The van der Waals surface area contributed by atoms with Gasteiger partial charge in [0.1, 0.15) is 0 Å². The van der Waals surface area contributed by atoms with Crippen molar-refractivity contribution in [1.82, 2.24) is 0 Å². The standard InChI is InChI=1S/C18H7F3N4/c1-9-2-14-12(3-10(9)6-22)13-4-11(7-23)16(18(19,20)21)5-15(13)17(14)25-8-24/h2-5H,1H3/b25-17-. The molecule has 0 saturated heterocycles. The molecule has 0 radical (unpaired) electrons. The SMILES string of the molecule is Cc1cc2c(cc1C#N)-c1cc(C#N)c(C(F)(F)F)cc1/C2=N\C#N. The second kappa shape index (κ2) is 5.47. The van der Waals surface area contributed by atoms with Gasteiger partial charge in [0, 0.05) is 11.1 Å². The van der Waals surface area contributed by atoms with E-state index in [4.69, 9.17) is 10.5 Å². The highest BCUT2D eigenvalue weighted by Gasteiger charge is 2.37. The summed E-state index contributed by atoms with van der Waals surface area (Å²) >= 11 is 0. The van der Waals surface area contributed by atoms with Crippen molar-refractivity contribution in [1.29, 1.82) is 15.8 Å². The molecule has 3 rings (SSSR count). The van der Waals surface area contributed by atoms with Crippen LogP contribution in [0.3, 0.4) is 0 Å². The van der Waals surface area contributed by atoms with Gasteiger partial charge in [0.25, 0.3) is 0 Å². The number of fused-ring (bicyclic) bond motifs is 3. The first kappa shape index (κ1) is 16.2. The molecule has 25 heavy (non-hydrogen) atoms. The molecule has 1 aliphatic rings. The molecule has 7 heteroatoms. The van der Waals surface area contributed by atoms with E-state index in [1.165, 1.54) is 6.07 Å². The fourth-order valence-electron chi connectivity index (χ4n) is 2.91. The van der Waals surface area contributed by atoms with Crippen LogP contribution in [0.5, 0.6) is 0 Å². The number of hydrogen-bond acceptors (Lipinski definition) is 4. The van der Waals surface area contributed by atoms with Crippen molar-refractivity contribution in [2.45, 2.75) is 13.1 Å². The lowest BCUT2D eigenvalue weighted by Crippen LogP contribution is -2.10. The van der Waals surface area contributed by atoms with Gasteiger partial charge in [0.05, 0.1) is 34.5 Å². The third-order valence-electron chi connectivity index (χ3n) is 4.03. The predicted octanol–water partition coefficient (Wildman–Crippen LogP) is 4.06. The zero-order chi connectivity index (χ0) is 18.4. The highest BCUT2D eigenvalue weighted by Crippen LogP contribution is 2.43. The Bertz CT molecular complexity index is 1070. The smallest absolute Gasteiger partial charge is 0.192 e. The van der Waals surface area contributed by atoms with Crippen molar-refractivity contribution in [3.05, 3.63) is 57.6 Å². The number of benzene rings is 2. The summed E-state index contributed by atoms with van der Waals surface area (Å²) in [5, 5.41) is 27.2. The molecular weight excluding hydrogens is 329 g/mol. The lowest BCUT2D eigenvalue weighted by Gasteiger charge is -2.11. The van der Waals surface area contributed by atoms with E-state index in [9.17, 15) is 18.4 Å². The van der Waals surface area contributed by atoms with Gasteiger partial charge >= 0.3 is 6.18 Å². The summed E-state index contributed by atoms with van der Waals surface area (Å²) in [6, 6.07) is 8.70. The van der Waals surface area contributed by atoms with E-state index in [0.717, 1.165) is 12.1 Å². The van der Waals surface area contributed by atoms with Crippen LogP contribution >= 0.6 is 0 Å². The van der Waals surface area contributed by atoms with Gasteiger partial charge in [-0.3, -0.25) is 0 Å².